The summed E-state index contributed by atoms with van der Waals surface area (Å²) in [5.41, 5.74) is 11.4. The fourth-order valence-corrected chi connectivity index (χ4v) is 8.86. The second-order valence-corrected chi connectivity index (χ2v) is 16.1. The number of benzene rings is 6. The number of para-hydroxylation sites is 4. The molecular weight excluding hydrogens is 858 g/mol. The van der Waals surface area contributed by atoms with Gasteiger partial charge in [0.25, 0.3) is 0 Å². The van der Waals surface area contributed by atoms with Gasteiger partial charge in [0.05, 0.1) is 11.0 Å². The van der Waals surface area contributed by atoms with Crippen LogP contribution in [0, 0.1) is 3.80 Å². The molecule has 0 saturated heterocycles. The number of aryl methyl sites for hydroxylation is 1. The number of aromatic nitrogens is 4. The number of hydrogen-bond acceptors (Lipinski definition) is 3. The third-order valence-electron chi connectivity index (χ3n) is 10.7. The molecule has 0 fully saturated rings. The molecule has 3 aromatic heterocycles. The average Bonchev–Trinajstić information content (AvgIpc) is 3.72. The molecule has 0 bridgehead atoms. The van der Waals surface area contributed by atoms with Crippen LogP contribution in [0.5, 0.6) is 11.5 Å². The Labute approximate surface area is 335 Å². The van der Waals surface area contributed by atoms with E-state index in [0.717, 1.165) is 34.0 Å². The molecule has 7 heteroatoms. The number of anilines is 2. The molecular formula is C48H39N5OPt. The molecule has 10 rings (SSSR count). The standard InChI is InChI=1S/C48H39N5O.Pt/c1-48(2,3)33-24-25-49-47(27-33)51-30-32-26-35(53-42-16-7-5-14-39(42)40-15-6-8-17-43(40)53)20-22-38(32)41-23-21-37(29-46(41)51)54-36-13-11-12-34(28-36)52-31-50(4)44-18-9-10-19-45(44)52;/h5-29H,30H2,1-4H3;/i4D3;. The molecule has 0 N–H and O–H groups in total. The normalized spacial score (nSPS) is 13.8. The second kappa shape index (κ2) is 12.8. The third kappa shape index (κ3) is 5.58. The van der Waals surface area contributed by atoms with Crippen LogP contribution < -0.4 is 9.64 Å². The van der Waals surface area contributed by atoms with Crippen LogP contribution >= 0.6 is 0 Å². The molecule has 9 aromatic rings. The van der Waals surface area contributed by atoms with Gasteiger partial charge in [0.15, 0.2) is 0 Å². The summed E-state index contributed by atoms with van der Waals surface area (Å²) in [7, 11) is 0. The summed E-state index contributed by atoms with van der Waals surface area (Å²) in [4.78, 5) is 7.25. The van der Waals surface area contributed by atoms with E-state index in [9.17, 15) is 0 Å². The van der Waals surface area contributed by atoms with Gasteiger partial charge in [0.2, 0.25) is 0 Å². The molecule has 0 unspecified atom stereocenters. The maximum atomic E-state index is 8.25. The summed E-state index contributed by atoms with van der Waals surface area (Å²) in [6.45, 7) is 4.96. The quantitative estimate of drug-likeness (QED) is 0.173. The molecule has 6 nitrogen and oxygen atoms in total. The number of rotatable bonds is 5. The first-order chi connectivity index (χ1) is 27.9. The van der Waals surface area contributed by atoms with E-state index in [4.69, 9.17) is 13.8 Å². The Balaban J connectivity index is 1.08. The summed E-state index contributed by atoms with van der Waals surface area (Å²) < 4.78 is 37.7. The Morgan fingerprint density at radius 2 is 1.31 bits per heavy atom. The molecule has 0 spiro atoms. The van der Waals surface area contributed by atoms with E-state index in [1.165, 1.54) is 43.1 Å². The van der Waals surface area contributed by atoms with Gasteiger partial charge in [-0.25, -0.2) is 0 Å². The van der Waals surface area contributed by atoms with Crippen molar-refractivity contribution < 1.29 is 28.2 Å². The summed E-state index contributed by atoms with van der Waals surface area (Å²) in [6, 6.07) is 50.0. The summed E-state index contributed by atoms with van der Waals surface area (Å²) in [5, 5.41) is 2.47. The van der Waals surface area contributed by atoms with Crippen molar-refractivity contribution in [1.29, 1.82) is 0 Å². The Morgan fingerprint density at radius 3 is 2.05 bits per heavy atom. The van der Waals surface area contributed by atoms with Crippen molar-refractivity contribution in [2.45, 2.75) is 32.7 Å². The summed E-state index contributed by atoms with van der Waals surface area (Å²) in [6.07, 6.45) is 1.91. The fourth-order valence-electron chi connectivity index (χ4n) is 8.02. The van der Waals surface area contributed by atoms with E-state index >= 15 is 0 Å². The molecule has 0 saturated carbocycles. The number of imidazole rings is 1. The van der Waals surface area contributed by atoms with Crippen LogP contribution in [0.2, 0.25) is 0 Å². The predicted octanol–water partition coefficient (Wildman–Crippen LogP) is 11.9. The van der Waals surface area contributed by atoms with E-state index in [1.807, 2.05) is 65.4 Å². The van der Waals surface area contributed by atoms with Crippen LogP contribution in [0.3, 0.4) is 0 Å². The molecule has 0 radical (unpaired) electrons. The monoisotopic (exact) mass is 899 g/mol. The zero-order valence-corrected chi connectivity index (χ0v) is 32.9. The van der Waals surface area contributed by atoms with Crippen LogP contribution in [0.15, 0.2) is 152 Å². The Hall–Kier alpha value is -5.97. The molecule has 6 aromatic carbocycles. The van der Waals surface area contributed by atoms with Gasteiger partial charge in [-0.15, -0.1) is 0 Å². The van der Waals surface area contributed by atoms with E-state index in [2.05, 4.69) is 141 Å². The number of pyridine rings is 1. The van der Waals surface area contributed by atoms with Crippen molar-refractivity contribution in [3.05, 3.63) is 167 Å². The van der Waals surface area contributed by atoms with Crippen molar-refractivity contribution in [3.8, 4) is 34.0 Å². The van der Waals surface area contributed by atoms with E-state index in [0.29, 0.717) is 27.4 Å². The first-order valence-electron chi connectivity index (χ1n) is 19.9. The van der Waals surface area contributed by atoms with Crippen molar-refractivity contribution >= 4 is 44.3 Å². The van der Waals surface area contributed by atoms with Crippen molar-refractivity contribution in [2.24, 2.45) is 6.98 Å². The van der Waals surface area contributed by atoms with Crippen LogP contribution in [0.4, 0.5) is 11.5 Å². The van der Waals surface area contributed by atoms with Crippen molar-refractivity contribution in [1.82, 2.24) is 18.7 Å². The molecule has 1 aliphatic heterocycles. The SMILES string of the molecule is [2H]C([2H])([2H])n1[c](=[Pt])n(-c2cccc(Oc3ccc4c(c3)N(c3cc(C(C)(C)C)ccn3)Cc3cc(-n5c6ccccc6c6ccccc65)ccc3-4)c2)c2ccccc21. The van der Waals surface area contributed by atoms with Crippen LogP contribution in [0.25, 0.3) is 55.3 Å². The molecule has 4 heterocycles. The van der Waals surface area contributed by atoms with Gasteiger partial charge < -0.3 is 4.57 Å². The second-order valence-electron chi connectivity index (χ2n) is 15.1. The predicted molar refractivity (Wildman–Crippen MR) is 221 cm³/mol. The summed E-state index contributed by atoms with van der Waals surface area (Å²) in [5.74, 6) is 2.19. The molecule has 0 amide bonds. The topological polar surface area (TPSA) is 40.1 Å². The van der Waals surface area contributed by atoms with E-state index < -0.39 is 6.98 Å². The molecule has 0 aliphatic carbocycles. The average molecular weight is 900 g/mol. The first kappa shape index (κ1) is 30.4. The van der Waals surface area contributed by atoms with Gasteiger partial charge in [-0.3, -0.25) is 0 Å². The van der Waals surface area contributed by atoms with Crippen molar-refractivity contribution in [2.75, 3.05) is 4.90 Å². The van der Waals surface area contributed by atoms with Gasteiger partial charge in [0, 0.05) is 22.7 Å². The van der Waals surface area contributed by atoms with Gasteiger partial charge in [-0.05, 0) is 41.3 Å². The number of hydrogen-bond donors (Lipinski definition) is 0. The summed E-state index contributed by atoms with van der Waals surface area (Å²) >= 11 is 2.10. The van der Waals surface area contributed by atoms with Gasteiger partial charge in [-0.1, -0.05) is 57.2 Å². The molecule has 272 valence electrons. The van der Waals surface area contributed by atoms with Gasteiger partial charge >= 0.3 is 200 Å². The minimum absolute atomic E-state index is 0.0560. The molecule has 0 atom stereocenters. The van der Waals surface area contributed by atoms with Gasteiger partial charge in [-0.2, -0.15) is 0 Å². The number of nitrogens with zero attached hydrogens (tertiary/aromatic N) is 5. The zero-order chi connectivity index (χ0) is 39.9. The van der Waals surface area contributed by atoms with E-state index in [-0.39, 0.29) is 5.41 Å². The van der Waals surface area contributed by atoms with Crippen LogP contribution in [-0.2, 0) is 38.3 Å². The first-order valence-corrected chi connectivity index (χ1v) is 19.5. The van der Waals surface area contributed by atoms with Crippen molar-refractivity contribution in [3.63, 3.8) is 0 Å². The van der Waals surface area contributed by atoms with Crippen LogP contribution in [0.1, 0.15) is 36.0 Å². The van der Waals surface area contributed by atoms with Gasteiger partial charge in [0.1, 0.15) is 0 Å². The minimum atomic E-state index is -2.34. The number of fused-ring (bicyclic) bond motifs is 7. The van der Waals surface area contributed by atoms with Crippen LogP contribution in [-0.4, -0.2) is 18.7 Å². The Bertz CT molecular complexity index is 3100. The van der Waals surface area contributed by atoms with E-state index in [1.54, 1.807) is 0 Å². The molecule has 55 heavy (non-hydrogen) atoms. The molecule has 1 aliphatic rings. The Kier molecular flexibility index (Phi) is 7.08. The number of ether oxygens (including phenoxy) is 1. The third-order valence-corrected chi connectivity index (χ3v) is 11.7. The zero-order valence-electron chi connectivity index (χ0n) is 33.6. The maximum absolute atomic E-state index is 8.25. The fraction of sp³-hybridized carbons (Fsp3) is 0.125. The Morgan fingerprint density at radius 1 is 0.636 bits per heavy atom.